The number of carbonyl (C=O) groups excluding carboxylic acids is 2. The van der Waals surface area contributed by atoms with Crippen molar-refractivity contribution in [3.63, 3.8) is 0 Å². The van der Waals surface area contributed by atoms with Crippen LogP contribution in [0, 0.1) is 5.41 Å². The minimum atomic E-state index is -0.710. The first-order chi connectivity index (χ1) is 8.08. The van der Waals surface area contributed by atoms with Crippen molar-refractivity contribution in [1.82, 2.24) is 14.9 Å². The van der Waals surface area contributed by atoms with Crippen molar-refractivity contribution in [2.75, 3.05) is 19.9 Å². The first kappa shape index (κ1) is 15.6. The third-order valence-electron chi connectivity index (χ3n) is 1.75. The molecule has 4 amide bonds. The molecule has 17 heavy (non-hydrogen) atoms. The number of ether oxygens (including phenoxy) is 1. The standard InChI is InChI=1S/C9H18N4O3S/c1-4-5-6-16-7(10)13(8(14)11-2)9(15)12-17-3/h10H,4-6H2,1-3H3,(H,11,14)(H,12,15). The number of amidine groups is 1. The third-order valence-corrected chi connectivity index (χ3v) is 2.13. The fourth-order valence-electron chi connectivity index (χ4n) is 0.899. The molecular formula is C9H18N4O3S. The minimum Gasteiger partial charge on any atom is -0.465 e. The Morgan fingerprint density at radius 1 is 1.41 bits per heavy atom. The molecule has 0 saturated heterocycles. The van der Waals surface area contributed by atoms with Crippen LogP contribution in [-0.2, 0) is 4.74 Å². The van der Waals surface area contributed by atoms with Gasteiger partial charge in [-0.25, -0.2) is 9.59 Å². The average molecular weight is 262 g/mol. The molecule has 0 radical (unpaired) electrons. The van der Waals surface area contributed by atoms with Crippen molar-refractivity contribution in [2.45, 2.75) is 19.8 Å². The van der Waals surface area contributed by atoms with Gasteiger partial charge in [0, 0.05) is 13.3 Å². The van der Waals surface area contributed by atoms with E-state index in [2.05, 4.69) is 10.0 Å². The molecular weight excluding hydrogens is 244 g/mol. The van der Waals surface area contributed by atoms with Gasteiger partial charge in [-0.05, 0) is 6.42 Å². The smallest absolute Gasteiger partial charge is 0.343 e. The summed E-state index contributed by atoms with van der Waals surface area (Å²) in [6.07, 6.45) is 3.31. The summed E-state index contributed by atoms with van der Waals surface area (Å²) in [6, 6.07) is -1.90. The molecule has 0 bridgehead atoms. The summed E-state index contributed by atoms with van der Waals surface area (Å²) in [7, 11) is 1.38. The normalized spacial score (nSPS) is 9.35. The zero-order valence-corrected chi connectivity index (χ0v) is 11.0. The SMILES string of the molecule is CCCCOC(=N)N(C(=O)NC)C(=O)NSC. The fourth-order valence-corrected chi connectivity index (χ4v) is 1.17. The predicted molar refractivity (Wildman–Crippen MR) is 66.9 cm³/mol. The highest BCUT2D eigenvalue weighted by Gasteiger charge is 2.26. The Morgan fingerprint density at radius 2 is 2.06 bits per heavy atom. The number of hydrogen-bond donors (Lipinski definition) is 3. The van der Waals surface area contributed by atoms with E-state index in [4.69, 9.17) is 10.1 Å². The number of hydrogen-bond acceptors (Lipinski definition) is 5. The van der Waals surface area contributed by atoms with Gasteiger partial charge in [-0.2, -0.15) is 4.90 Å². The zero-order chi connectivity index (χ0) is 13.3. The minimum absolute atomic E-state index is 0.301. The van der Waals surface area contributed by atoms with Crippen molar-refractivity contribution in [3.8, 4) is 0 Å². The first-order valence-corrected chi connectivity index (χ1v) is 6.37. The number of unbranched alkanes of at least 4 members (excludes halogenated alkanes) is 1. The number of nitrogens with zero attached hydrogens (tertiary/aromatic N) is 1. The molecule has 0 spiro atoms. The molecule has 0 aromatic carbocycles. The third kappa shape index (κ3) is 5.43. The number of amides is 4. The topological polar surface area (TPSA) is 94.5 Å². The lowest BCUT2D eigenvalue weighted by Gasteiger charge is -2.20. The van der Waals surface area contributed by atoms with Gasteiger partial charge in [0.25, 0.3) is 0 Å². The Hall–Kier alpha value is -1.44. The summed E-state index contributed by atoms with van der Waals surface area (Å²) in [4.78, 5) is 23.6. The molecule has 0 fully saturated rings. The van der Waals surface area contributed by atoms with E-state index in [-0.39, 0.29) is 0 Å². The van der Waals surface area contributed by atoms with Crippen LogP contribution < -0.4 is 10.0 Å². The maximum Gasteiger partial charge on any atom is 0.343 e. The molecule has 8 heteroatoms. The van der Waals surface area contributed by atoms with Crippen molar-refractivity contribution in [2.24, 2.45) is 0 Å². The molecule has 98 valence electrons. The second-order valence-corrected chi connectivity index (χ2v) is 3.62. The van der Waals surface area contributed by atoms with Crippen LogP contribution in [0.2, 0.25) is 0 Å². The monoisotopic (exact) mass is 262 g/mol. The van der Waals surface area contributed by atoms with Crippen LogP contribution in [-0.4, -0.2) is 42.9 Å². The van der Waals surface area contributed by atoms with E-state index in [1.54, 1.807) is 6.26 Å². The average Bonchev–Trinajstić information content (AvgIpc) is 2.29. The number of urea groups is 2. The Kier molecular flexibility index (Phi) is 7.95. The predicted octanol–water partition coefficient (Wildman–Crippen LogP) is 1.37. The van der Waals surface area contributed by atoms with Crippen molar-refractivity contribution in [3.05, 3.63) is 0 Å². The van der Waals surface area contributed by atoms with Gasteiger partial charge < -0.3 is 10.1 Å². The summed E-state index contributed by atoms with van der Waals surface area (Å²) in [6.45, 7) is 2.28. The van der Waals surface area contributed by atoms with Gasteiger partial charge in [-0.15, -0.1) is 0 Å². The molecule has 0 aromatic rings. The molecule has 0 atom stereocenters. The van der Waals surface area contributed by atoms with E-state index in [1.807, 2.05) is 6.92 Å². The molecule has 7 nitrogen and oxygen atoms in total. The number of nitrogens with one attached hydrogen (secondary N) is 3. The molecule has 0 unspecified atom stereocenters. The van der Waals surface area contributed by atoms with Crippen LogP contribution in [0.4, 0.5) is 9.59 Å². The van der Waals surface area contributed by atoms with Crippen LogP contribution in [0.5, 0.6) is 0 Å². The van der Waals surface area contributed by atoms with Crippen LogP contribution >= 0.6 is 11.9 Å². The Balaban J connectivity index is 4.51. The summed E-state index contributed by atoms with van der Waals surface area (Å²) in [5.41, 5.74) is 0. The van der Waals surface area contributed by atoms with Crippen LogP contribution in [0.1, 0.15) is 19.8 Å². The molecule has 0 aromatic heterocycles. The molecule has 0 heterocycles. The largest absolute Gasteiger partial charge is 0.465 e. The van der Waals surface area contributed by atoms with Crippen molar-refractivity contribution >= 4 is 30.0 Å². The lowest BCUT2D eigenvalue weighted by atomic mass is 10.4. The molecule has 0 saturated carbocycles. The molecule has 0 aliphatic heterocycles. The van der Waals surface area contributed by atoms with Gasteiger partial charge in [0.1, 0.15) is 0 Å². The van der Waals surface area contributed by atoms with Gasteiger partial charge in [0.15, 0.2) is 0 Å². The summed E-state index contributed by atoms with van der Waals surface area (Å²) >= 11 is 1.04. The molecule has 0 aliphatic carbocycles. The van der Waals surface area contributed by atoms with E-state index < -0.39 is 18.1 Å². The van der Waals surface area contributed by atoms with Gasteiger partial charge in [-0.3, -0.25) is 10.1 Å². The lowest BCUT2D eigenvalue weighted by molar-refractivity contribution is 0.190. The fraction of sp³-hybridized carbons (Fsp3) is 0.667. The zero-order valence-electron chi connectivity index (χ0n) is 10.2. The van der Waals surface area contributed by atoms with Gasteiger partial charge >= 0.3 is 18.1 Å². The van der Waals surface area contributed by atoms with E-state index in [9.17, 15) is 9.59 Å². The molecule has 0 rings (SSSR count). The van der Waals surface area contributed by atoms with Gasteiger partial charge in [0.05, 0.1) is 6.61 Å². The maximum atomic E-state index is 11.5. The summed E-state index contributed by atoms with van der Waals surface area (Å²) in [5.74, 6) is 0. The van der Waals surface area contributed by atoms with Gasteiger partial charge in [-0.1, -0.05) is 25.3 Å². The van der Waals surface area contributed by atoms with Crippen molar-refractivity contribution in [1.29, 1.82) is 5.41 Å². The highest BCUT2D eigenvalue weighted by Crippen LogP contribution is 1.99. The highest BCUT2D eigenvalue weighted by atomic mass is 32.2. The number of imide groups is 1. The van der Waals surface area contributed by atoms with Crippen LogP contribution in [0.3, 0.4) is 0 Å². The second kappa shape index (κ2) is 8.68. The van der Waals surface area contributed by atoms with Crippen LogP contribution in [0.25, 0.3) is 0 Å². The van der Waals surface area contributed by atoms with E-state index >= 15 is 0 Å². The van der Waals surface area contributed by atoms with Crippen molar-refractivity contribution < 1.29 is 14.3 Å². The number of rotatable bonds is 4. The van der Waals surface area contributed by atoms with Crippen LogP contribution in [0.15, 0.2) is 0 Å². The lowest BCUT2D eigenvalue weighted by Crippen LogP contribution is -2.49. The second-order valence-electron chi connectivity index (χ2n) is 3.01. The molecule has 0 aliphatic rings. The summed E-state index contributed by atoms with van der Waals surface area (Å²) < 4.78 is 7.37. The molecule has 3 N–H and O–H groups in total. The summed E-state index contributed by atoms with van der Waals surface area (Å²) in [5, 5.41) is 9.81. The Morgan fingerprint density at radius 3 is 2.53 bits per heavy atom. The maximum absolute atomic E-state index is 11.5. The van der Waals surface area contributed by atoms with E-state index in [0.29, 0.717) is 11.5 Å². The first-order valence-electron chi connectivity index (χ1n) is 5.14. The quantitative estimate of drug-likeness (QED) is 0.308. The highest BCUT2D eigenvalue weighted by molar-refractivity contribution is 7.97. The van der Waals surface area contributed by atoms with Gasteiger partial charge in [0.2, 0.25) is 0 Å². The Labute approximate surface area is 105 Å². The Bertz CT molecular complexity index is 285. The number of carbonyl (C=O) groups is 2. The van der Waals surface area contributed by atoms with E-state index in [1.165, 1.54) is 7.05 Å². The van der Waals surface area contributed by atoms with E-state index in [0.717, 1.165) is 24.8 Å².